The maximum Gasteiger partial charge on any atom is 0.133 e. The lowest BCUT2D eigenvalue weighted by Crippen LogP contribution is -2.26. The van der Waals surface area contributed by atoms with Crippen LogP contribution in [0.3, 0.4) is 0 Å². The zero-order chi connectivity index (χ0) is 15.2. The van der Waals surface area contributed by atoms with Gasteiger partial charge in [-0.2, -0.15) is 0 Å². The van der Waals surface area contributed by atoms with Crippen molar-refractivity contribution in [2.45, 2.75) is 39.3 Å². The molecule has 2 rings (SSSR count). The molecule has 114 valence electrons. The normalized spacial score (nSPS) is 13.9. The Morgan fingerprint density at radius 2 is 2.10 bits per heavy atom. The number of nitrogens with zero attached hydrogens (tertiary/aromatic N) is 2. The van der Waals surface area contributed by atoms with Crippen LogP contribution in [-0.2, 0) is 0 Å². The van der Waals surface area contributed by atoms with Crippen LogP contribution in [0.4, 0.5) is 5.82 Å². The van der Waals surface area contributed by atoms with E-state index in [9.17, 15) is 0 Å². The lowest BCUT2D eigenvalue weighted by molar-refractivity contribution is 0.566. The third kappa shape index (κ3) is 3.83. The third-order valence-corrected chi connectivity index (χ3v) is 4.90. The number of pyridine rings is 1. The molecule has 2 unspecified atom stereocenters. The summed E-state index contributed by atoms with van der Waals surface area (Å²) in [6.07, 6.45) is 3.02. The summed E-state index contributed by atoms with van der Waals surface area (Å²) in [6, 6.07) is 9.13. The van der Waals surface area contributed by atoms with Gasteiger partial charge in [0.05, 0.1) is 6.04 Å². The highest BCUT2D eigenvalue weighted by molar-refractivity contribution is 7.10. The van der Waals surface area contributed by atoms with Gasteiger partial charge in [-0.1, -0.05) is 19.1 Å². The van der Waals surface area contributed by atoms with E-state index < -0.39 is 0 Å². The fraction of sp³-hybridized carbons (Fsp3) is 0.471. The molecule has 0 aromatic carbocycles. The first-order chi connectivity index (χ1) is 10.1. The molecule has 21 heavy (non-hydrogen) atoms. The van der Waals surface area contributed by atoms with E-state index in [1.807, 2.05) is 12.3 Å². The molecule has 0 aliphatic heterocycles. The van der Waals surface area contributed by atoms with Gasteiger partial charge in [0, 0.05) is 29.7 Å². The van der Waals surface area contributed by atoms with Crippen LogP contribution in [0, 0.1) is 0 Å². The molecule has 2 aromatic rings. The van der Waals surface area contributed by atoms with E-state index in [-0.39, 0.29) is 0 Å². The number of hydrogen-bond donors (Lipinski definition) is 1. The van der Waals surface area contributed by atoms with Crippen LogP contribution >= 0.6 is 11.3 Å². The van der Waals surface area contributed by atoms with Gasteiger partial charge < -0.3 is 10.2 Å². The molecule has 4 heteroatoms. The Morgan fingerprint density at radius 1 is 1.29 bits per heavy atom. The molecule has 0 bridgehead atoms. The molecule has 0 aliphatic rings. The highest BCUT2D eigenvalue weighted by Gasteiger charge is 2.19. The second-order valence-corrected chi connectivity index (χ2v) is 6.37. The van der Waals surface area contributed by atoms with Crippen LogP contribution in [0.15, 0.2) is 35.8 Å². The van der Waals surface area contributed by atoms with Gasteiger partial charge in [0.25, 0.3) is 0 Å². The van der Waals surface area contributed by atoms with Gasteiger partial charge in [0.2, 0.25) is 0 Å². The van der Waals surface area contributed by atoms with Crippen molar-refractivity contribution in [3.05, 3.63) is 46.3 Å². The van der Waals surface area contributed by atoms with Crippen LogP contribution in [-0.4, -0.2) is 18.6 Å². The standard InChI is InChI=1S/C17H25N3S/c1-5-10-18-13(2)15-8-6-11-19-17(15)20(4)14(3)16-9-7-12-21-16/h6-9,11-14,18H,5,10H2,1-4H3. The number of nitrogens with one attached hydrogen (secondary N) is 1. The molecular weight excluding hydrogens is 278 g/mol. The van der Waals surface area contributed by atoms with Crippen molar-refractivity contribution in [1.82, 2.24) is 10.3 Å². The lowest BCUT2D eigenvalue weighted by Gasteiger charge is -2.29. The summed E-state index contributed by atoms with van der Waals surface area (Å²) >= 11 is 1.80. The van der Waals surface area contributed by atoms with Gasteiger partial charge in [0.1, 0.15) is 5.82 Å². The highest BCUT2D eigenvalue weighted by Crippen LogP contribution is 2.31. The van der Waals surface area contributed by atoms with E-state index >= 15 is 0 Å². The number of anilines is 1. The van der Waals surface area contributed by atoms with Gasteiger partial charge in [-0.3, -0.25) is 0 Å². The number of hydrogen-bond acceptors (Lipinski definition) is 4. The first-order valence-corrected chi connectivity index (χ1v) is 8.47. The molecule has 0 aliphatic carbocycles. The summed E-state index contributed by atoms with van der Waals surface area (Å²) in [5, 5.41) is 5.68. The van der Waals surface area contributed by atoms with Crippen molar-refractivity contribution in [3.63, 3.8) is 0 Å². The predicted octanol–water partition coefficient (Wildman–Crippen LogP) is 4.40. The van der Waals surface area contributed by atoms with E-state index in [4.69, 9.17) is 0 Å². The van der Waals surface area contributed by atoms with Crippen molar-refractivity contribution in [3.8, 4) is 0 Å². The Morgan fingerprint density at radius 3 is 2.76 bits per heavy atom. The van der Waals surface area contributed by atoms with Gasteiger partial charge in [0.15, 0.2) is 0 Å². The monoisotopic (exact) mass is 303 g/mol. The third-order valence-electron chi connectivity index (χ3n) is 3.85. The molecule has 1 N–H and O–H groups in total. The van der Waals surface area contributed by atoms with E-state index in [0.29, 0.717) is 12.1 Å². The Bertz CT molecular complexity index is 539. The zero-order valence-electron chi connectivity index (χ0n) is 13.3. The summed E-state index contributed by atoms with van der Waals surface area (Å²) in [6.45, 7) is 7.66. The SMILES string of the molecule is CCCNC(C)c1cccnc1N(C)C(C)c1cccs1. The number of aromatic nitrogens is 1. The fourth-order valence-corrected chi connectivity index (χ4v) is 3.24. The van der Waals surface area contributed by atoms with Crippen LogP contribution in [0.25, 0.3) is 0 Å². The lowest BCUT2D eigenvalue weighted by atomic mass is 10.1. The average molecular weight is 303 g/mol. The Balaban J connectivity index is 2.22. The fourth-order valence-electron chi connectivity index (χ4n) is 2.42. The second-order valence-electron chi connectivity index (χ2n) is 5.39. The van der Waals surface area contributed by atoms with Crippen molar-refractivity contribution in [1.29, 1.82) is 0 Å². The average Bonchev–Trinajstić information content (AvgIpc) is 3.05. The minimum Gasteiger partial charge on any atom is -0.352 e. The first-order valence-electron chi connectivity index (χ1n) is 7.59. The molecule has 2 atom stereocenters. The van der Waals surface area contributed by atoms with Crippen LogP contribution in [0.1, 0.15) is 49.7 Å². The molecule has 2 aromatic heterocycles. The summed E-state index contributed by atoms with van der Waals surface area (Å²) in [4.78, 5) is 8.26. The minimum absolute atomic E-state index is 0.312. The number of rotatable bonds is 7. The zero-order valence-corrected chi connectivity index (χ0v) is 14.2. The topological polar surface area (TPSA) is 28.2 Å². The number of thiophene rings is 1. The van der Waals surface area contributed by atoms with E-state index in [1.54, 1.807) is 11.3 Å². The van der Waals surface area contributed by atoms with E-state index in [1.165, 1.54) is 10.4 Å². The minimum atomic E-state index is 0.312. The van der Waals surface area contributed by atoms with Crippen molar-refractivity contribution in [2.24, 2.45) is 0 Å². The molecule has 2 heterocycles. The molecule has 3 nitrogen and oxygen atoms in total. The van der Waals surface area contributed by atoms with Crippen molar-refractivity contribution < 1.29 is 0 Å². The predicted molar refractivity (Wildman–Crippen MR) is 92.1 cm³/mol. The van der Waals surface area contributed by atoms with Gasteiger partial charge in [-0.25, -0.2) is 4.98 Å². The Kier molecular flexibility index (Phi) is 5.76. The van der Waals surface area contributed by atoms with Crippen LogP contribution < -0.4 is 10.2 Å². The molecule has 0 saturated carbocycles. The molecule has 0 radical (unpaired) electrons. The van der Waals surface area contributed by atoms with E-state index in [0.717, 1.165) is 18.8 Å². The summed E-state index contributed by atoms with van der Waals surface area (Å²) in [7, 11) is 2.13. The quantitative estimate of drug-likeness (QED) is 0.821. The summed E-state index contributed by atoms with van der Waals surface area (Å²) < 4.78 is 0. The molecule has 0 fully saturated rings. The molecule has 0 saturated heterocycles. The van der Waals surface area contributed by atoms with Crippen LogP contribution in [0.5, 0.6) is 0 Å². The smallest absolute Gasteiger partial charge is 0.133 e. The van der Waals surface area contributed by atoms with Gasteiger partial charge >= 0.3 is 0 Å². The Labute approximate surface area is 132 Å². The van der Waals surface area contributed by atoms with Gasteiger partial charge in [-0.05, 0) is 44.3 Å². The Hall–Kier alpha value is -1.39. The molecular formula is C17H25N3S. The maximum atomic E-state index is 4.63. The van der Waals surface area contributed by atoms with Crippen molar-refractivity contribution in [2.75, 3.05) is 18.5 Å². The van der Waals surface area contributed by atoms with Crippen LogP contribution in [0.2, 0.25) is 0 Å². The van der Waals surface area contributed by atoms with Crippen molar-refractivity contribution >= 4 is 17.2 Å². The first kappa shape index (κ1) is 16.0. The summed E-state index contributed by atoms with van der Waals surface area (Å²) in [5.41, 5.74) is 1.26. The largest absolute Gasteiger partial charge is 0.352 e. The summed E-state index contributed by atoms with van der Waals surface area (Å²) in [5.74, 6) is 1.06. The van der Waals surface area contributed by atoms with Gasteiger partial charge in [-0.15, -0.1) is 11.3 Å². The molecule has 0 amide bonds. The highest BCUT2D eigenvalue weighted by atomic mass is 32.1. The molecule has 0 spiro atoms. The maximum absolute atomic E-state index is 4.63. The van der Waals surface area contributed by atoms with E-state index in [2.05, 4.69) is 66.6 Å². The second kappa shape index (κ2) is 7.57.